The van der Waals surface area contributed by atoms with Crippen LogP contribution < -0.4 is 16.6 Å². The van der Waals surface area contributed by atoms with E-state index >= 15 is 0 Å². The lowest BCUT2D eigenvalue weighted by Gasteiger charge is -2.39. The number of nitrogens with one attached hydrogen (secondary N) is 1. The number of nitrogens with zero attached hydrogens (tertiary/aromatic N) is 4. The summed E-state index contributed by atoms with van der Waals surface area (Å²) < 4.78 is 7.90. The zero-order chi connectivity index (χ0) is 34.0. The minimum Gasteiger partial charge on any atom is -0.468 e. The van der Waals surface area contributed by atoms with Gasteiger partial charge in [0.15, 0.2) is 0 Å². The second-order valence-corrected chi connectivity index (χ2v) is 11.8. The fourth-order valence-corrected chi connectivity index (χ4v) is 6.70. The number of rotatable bonds is 9. The van der Waals surface area contributed by atoms with Gasteiger partial charge >= 0.3 is 11.7 Å². The monoisotopic (exact) mass is 647 g/mol. The molecule has 0 amide bonds. The van der Waals surface area contributed by atoms with E-state index in [-0.39, 0.29) is 6.42 Å². The Balaban J connectivity index is 1.40. The quantitative estimate of drug-likeness (QED) is 0.167. The molecule has 0 radical (unpaired) electrons. The third-order valence-electron chi connectivity index (χ3n) is 9.02. The predicted molar refractivity (Wildman–Crippen MR) is 190 cm³/mol. The van der Waals surface area contributed by atoms with Crippen LogP contribution in [0.3, 0.4) is 0 Å². The molecule has 0 saturated heterocycles. The second kappa shape index (κ2) is 13.1. The Labute approximate surface area is 282 Å². The van der Waals surface area contributed by atoms with Crippen LogP contribution in [0.5, 0.6) is 0 Å². The van der Waals surface area contributed by atoms with Crippen LogP contribution in [0.1, 0.15) is 22.3 Å². The fourth-order valence-electron chi connectivity index (χ4n) is 6.70. The molecule has 0 unspecified atom stereocenters. The Kier molecular flexibility index (Phi) is 8.42. The van der Waals surface area contributed by atoms with Gasteiger partial charge in [0.2, 0.25) is 0 Å². The molecule has 0 bridgehead atoms. The van der Waals surface area contributed by atoms with E-state index in [1.807, 2.05) is 103 Å². The first kappa shape index (κ1) is 31.4. The van der Waals surface area contributed by atoms with Gasteiger partial charge < -0.3 is 4.74 Å². The van der Waals surface area contributed by atoms with E-state index in [2.05, 4.69) is 15.3 Å². The minimum atomic E-state index is -0.935. The van der Waals surface area contributed by atoms with Gasteiger partial charge in [-0.05, 0) is 52.9 Å². The average molecular weight is 648 g/mol. The third kappa shape index (κ3) is 5.50. The number of ether oxygens (including phenoxy) is 1. The van der Waals surface area contributed by atoms with Crippen LogP contribution in [0.4, 0.5) is 0 Å². The van der Waals surface area contributed by atoms with Crippen molar-refractivity contribution in [2.24, 2.45) is 7.05 Å². The first-order valence-electron chi connectivity index (χ1n) is 15.9. The molecule has 7 rings (SSSR count). The van der Waals surface area contributed by atoms with Crippen LogP contribution in [0.15, 0.2) is 149 Å². The van der Waals surface area contributed by atoms with Crippen LogP contribution in [-0.4, -0.2) is 38.2 Å². The standard InChI is InChI=1S/C40H33N5O4/c1-44-36-32(21-13-25-42-36)37(46)45(39(44)48)34-23-22-27(31-20-12-24-41-35(31)34)26-33(38(47)49-2)43-40(28-14-6-3-7-15-28,29-16-8-4-9-17-29)30-18-10-5-11-19-30/h3-25,33,43H,26H2,1-2H3/t33-/m0/s1. The first-order chi connectivity index (χ1) is 23.9. The Hall–Kier alpha value is -6.19. The highest BCUT2D eigenvalue weighted by atomic mass is 16.5. The molecular formula is C40H33N5O4. The summed E-state index contributed by atoms with van der Waals surface area (Å²) in [6.45, 7) is 0. The van der Waals surface area contributed by atoms with Gasteiger partial charge in [0.25, 0.3) is 5.56 Å². The number of methoxy groups -OCH3 is 1. The Bertz CT molecular complexity index is 2310. The Morgan fingerprint density at radius 1 is 0.735 bits per heavy atom. The number of hydrogen-bond acceptors (Lipinski definition) is 7. The lowest BCUT2D eigenvalue weighted by molar-refractivity contribution is -0.143. The highest BCUT2D eigenvalue weighted by Gasteiger charge is 2.40. The number of aromatic nitrogens is 4. The van der Waals surface area contributed by atoms with Crippen molar-refractivity contribution in [1.29, 1.82) is 0 Å². The highest BCUT2D eigenvalue weighted by molar-refractivity contribution is 5.90. The molecule has 9 nitrogen and oxygen atoms in total. The number of fused-ring (bicyclic) bond motifs is 2. The van der Waals surface area contributed by atoms with Gasteiger partial charge in [0.05, 0.1) is 29.2 Å². The topological polar surface area (TPSA) is 108 Å². The molecule has 1 N–H and O–H groups in total. The van der Waals surface area contributed by atoms with Crippen molar-refractivity contribution in [2.75, 3.05) is 7.11 Å². The van der Waals surface area contributed by atoms with Crippen LogP contribution in [0.2, 0.25) is 0 Å². The number of hydrogen-bond donors (Lipinski definition) is 1. The molecule has 7 aromatic rings. The highest BCUT2D eigenvalue weighted by Crippen LogP contribution is 2.38. The summed E-state index contributed by atoms with van der Waals surface area (Å²) >= 11 is 0. The second-order valence-electron chi connectivity index (χ2n) is 11.8. The summed E-state index contributed by atoms with van der Waals surface area (Å²) in [6, 6.07) is 39.8. The van der Waals surface area contributed by atoms with Crippen LogP contribution in [-0.2, 0) is 28.5 Å². The molecule has 0 saturated carbocycles. The normalized spacial score (nSPS) is 12.2. The average Bonchev–Trinajstić information content (AvgIpc) is 3.17. The number of aryl methyl sites for hydroxylation is 1. The molecule has 1 atom stereocenters. The maximum Gasteiger partial charge on any atom is 0.337 e. The summed E-state index contributed by atoms with van der Waals surface area (Å²) in [7, 11) is 2.97. The summed E-state index contributed by atoms with van der Waals surface area (Å²) in [5.41, 5.74) is 2.75. The molecule has 242 valence electrons. The predicted octanol–water partition coefficient (Wildman–Crippen LogP) is 5.30. The van der Waals surface area contributed by atoms with E-state index in [9.17, 15) is 14.4 Å². The van der Waals surface area contributed by atoms with Gasteiger partial charge in [-0.15, -0.1) is 0 Å². The van der Waals surface area contributed by atoms with E-state index in [1.54, 1.807) is 43.7 Å². The number of carbonyl (C=O) groups excluding carboxylic acids is 1. The third-order valence-corrected chi connectivity index (χ3v) is 9.02. The van der Waals surface area contributed by atoms with E-state index in [0.717, 1.165) is 26.8 Å². The number of esters is 1. The van der Waals surface area contributed by atoms with E-state index in [4.69, 9.17) is 4.74 Å². The largest absolute Gasteiger partial charge is 0.468 e. The zero-order valence-corrected chi connectivity index (χ0v) is 27.0. The SMILES string of the molecule is COC(=O)[C@H](Cc1ccc(-n2c(=O)c3cccnc3n(C)c2=O)c2ncccc12)NC(c1ccccc1)(c1ccccc1)c1ccccc1. The van der Waals surface area contributed by atoms with E-state index < -0.39 is 28.8 Å². The molecule has 0 aliphatic heterocycles. The van der Waals surface area contributed by atoms with Crippen molar-refractivity contribution in [3.8, 4) is 5.69 Å². The first-order valence-corrected chi connectivity index (χ1v) is 15.9. The summed E-state index contributed by atoms with van der Waals surface area (Å²) in [6.07, 6.45) is 3.39. The summed E-state index contributed by atoms with van der Waals surface area (Å²) in [5.74, 6) is -0.444. The summed E-state index contributed by atoms with van der Waals surface area (Å²) in [4.78, 5) is 50.0. The number of pyridine rings is 2. The van der Waals surface area contributed by atoms with Crippen molar-refractivity contribution in [3.63, 3.8) is 0 Å². The van der Waals surface area contributed by atoms with E-state index in [1.165, 1.54) is 11.7 Å². The molecule has 0 aliphatic carbocycles. The lowest BCUT2D eigenvalue weighted by atomic mass is 9.76. The maximum absolute atomic E-state index is 13.8. The number of carbonyl (C=O) groups is 1. The van der Waals surface area contributed by atoms with Crippen molar-refractivity contribution in [2.45, 2.75) is 18.0 Å². The smallest absolute Gasteiger partial charge is 0.337 e. The molecule has 3 aromatic heterocycles. The minimum absolute atomic E-state index is 0.220. The van der Waals surface area contributed by atoms with Gasteiger partial charge in [0, 0.05) is 24.8 Å². The van der Waals surface area contributed by atoms with Gasteiger partial charge in [-0.2, -0.15) is 0 Å². The van der Waals surface area contributed by atoms with Crippen molar-refractivity contribution < 1.29 is 9.53 Å². The van der Waals surface area contributed by atoms with E-state index in [0.29, 0.717) is 27.6 Å². The maximum atomic E-state index is 13.8. The van der Waals surface area contributed by atoms with Crippen molar-refractivity contribution >= 4 is 27.9 Å². The van der Waals surface area contributed by atoms with Crippen LogP contribution in [0.25, 0.3) is 27.6 Å². The van der Waals surface area contributed by atoms with Crippen LogP contribution >= 0.6 is 0 Å². The molecule has 3 heterocycles. The lowest BCUT2D eigenvalue weighted by Crippen LogP contribution is -2.53. The van der Waals surface area contributed by atoms with Gasteiger partial charge in [-0.3, -0.25) is 24.5 Å². The van der Waals surface area contributed by atoms with Gasteiger partial charge in [0.1, 0.15) is 11.7 Å². The Morgan fingerprint density at radius 2 is 1.29 bits per heavy atom. The van der Waals surface area contributed by atoms with Gasteiger partial charge in [-0.1, -0.05) is 103 Å². The summed E-state index contributed by atoms with van der Waals surface area (Å²) in [5, 5.41) is 4.77. The molecule has 0 aliphatic rings. The molecule has 49 heavy (non-hydrogen) atoms. The molecule has 0 spiro atoms. The number of benzene rings is 4. The van der Waals surface area contributed by atoms with Crippen LogP contribution in [0, 0.1) is 0 Å². The Morgan fingerprint density at radius 3 is 1.86 bits per heavy atom. The molecule has 0 fully saturated rings. The van der Waals surface area contributed by atoms with Crippen molar-refractivity contribution in [3.05, 3.63) is 183 Å². The van der Waals surface area contributed by atoms with Crippen molar-refractivity contribution in [1.82, 2.24) is 24.4 Å². The molecule has 9 heteroatoms. The van der Waals surface area contributed by atoms with Gasteiger partial charge in [-0.25, -0.2) is 14.3 Å². The molecular weight excluding hydrogens is 614 g/mol. The molecule has 4 aromatic carbocycles. The fraction of sp³-hybridized carbons (Fsp3) is 0.125. The zero-order valence-electron chi connectivity index (χ0n) is 27.0.